The van der Waals surface area contributed by atoms with Crippen LogP contribution in [0.5, 0.6) is 0 Å². The van der Waals surface area contributed by atoms with Crippen LogP contribution in [0, 0.1) is 0 Å². The molecule has 0 radical (unpaired) electrons. The molecular formula is C56H33N3. The van der Waals surface area contributed by atoms with Crippen molar-refractivity contribution >= 4 is 65.2 Å². The molecule has 0 saturated heterocycles. The summed E-state index contributed by atoms with van der Waals surface area (Å²) in [7, 11) is 0. The highest BCUT2D eigenvalue weighted by molar-refractivity contribution is 6.32. The molecule has 0 N–H and O–H groups in total. The molecule has 2 heterocycles. The van der Waals surface area contributed by atoms with Gasteiger partial charge in [-0.1, -0.05) is 176 Å². The fraction of sp³-hybridized carbons (Fsp3) is 0. The topological polar surface area (TPSA) is 30.7 Å². The monoisotopic (exact) mass is 747 g/mol. The van der Waals surface area contributed by atoms with E-state index in [4.69, 9.17) is 9.97 Å². The summed E-state index contributed by atoms with van der Waals surface area (Å²) < 4.78 is 2.39. The zero-order valence-corrected chi connectivity index (χ0v) is 31.9. The van der Waals surface area contributed by atoms with Crippen molar-refractivity contribution in [2.75, 3.05) is 0 Å². The molecule has 1 aliphatic carbocycles. The number of benzene rings is 10. The molecule has 0 amide bonds. The molecule has 13 rings (SSSR count). The van der Waals surface area contributed by atoms with Crippen molar-refractivity contribution in [3.8, 4) is 61.6 Å². The van der Waals surface area contributed by atoms with E-state index in [1.807, 2.05) is 0 Å². The highest BCUT2D eigenvalue weighted by atomic mass is 15.1. The third-order valence-corrected chi connectivity index (χ3v) is 12.5. The van der Waals surface area contributed by atoms with Gasteiger partial charge >= 0.3 is 0 Å². The van der Waals surface area contributed by atoms with Gasteiger partial charge in [-0.3, -0.25) is 4.57 Å². The molecule has 3 nitrogen and oxygen atoms in total. The van der Waals surface area contributed by atoms with E-state index < -0.39 is 0 Å². The summed E-state index contributed by atoms with van der Waals surface area (Å²) in [6.45, 7) is 0. The van der Waals surface area contributed by atoms with Crippen LogP contribution in [0.1, 0.15) is 0 Å². The summed E-state index contributed by atoms with van der Waals surface area (Å²) in [5.74, 6) is 0.815. The summed E-state index contributed by atoms with van der Waals surface area (Å²) in [6, 6.07) is 72.6. The number of aromatic nitrogens is 3. The fourth-order valence-corrected chi connectivity index (χ4v) is 9.81. The highest BCUT2D eigenvalue weighted by Crippen LogP contribution is 2.52. The Morgan fingerprint density at radius 3 is 1.86 bits per heavy atom. The second-order valence-corrected chi connectivity index (χ2v) is 15.7. The maximum atomic E-state index is 5.63. The van der Waals surface area contributed by atoms with Crippen LogP contribution in [-0.4, -0.2) is 14.5 Å². The normalized spacial score (nSPS) is 12.1. The first kappa shape index (κ1) is 32.2. The smallest absolute Gasteiger partial charge is 0.165 e. The largest absolute Gasteiger partial charge is 0.292 e. The number of nitrogens with zero attached hydrogens (tertiary/aromatic N) is 3. The lowest BCUT2D eigenvalue weighted by Gasteiger charge is -2.18. The third-order valence-electron chi connectivity index (χ3n) is 12.5. The van der Waals surface area contributed by atoms with Crippen LogP contribution in [0.15, 0.2) is 200 Å². The summed E-state index contributed by atoms with van der Waals surface area (Å²) in [6.07, 6.45) is 0. The zero-order chi connectivity index (χ0) is 38.6. The minimum absolute atomic E-state index is 0.815. The Morgan fingerprint density at radius 1 is 0.339 bits per heavy atom. The van der Waals surface area contributed by atoms with Crippen LogP contribution in [0.3, 0.4) is 0 Å². The summed E-state index contributed by atoms with van der Waals surface area (Å²) in [4.78, 5) is 11.3. The Balaban J connectivity index is 1.14. The van der Waals surface area contributed by atoms with E-state index in [-0.39, 0.29) is 0 Å². The minimum atomic E-state index is 0.815. The maximum Gasteiger partial charge on any atom is 0.165 e. The molecule has 0 saturated carbocycles. The average Bonchev–Trinajstić information content (AvgIpc) is 3.58. The van der Waals surface area contributed by atoms with Crippen LogP contribution in [0.4, 0.5) is 0 Å². The lowest BCUT2D eigenvalue weighted by Crippen LogP contribution is -2.04. The van der Waals surface area contributed by atoms with E-state index >= 15 is 0 Å². The van der Waals surface area contributed by atoms with Crippen molar-refractivity contribution in [3.63, 3.8) is 0 Å². The van der Waals surface area contributed by atoms with E-state index in [1.54, 1.807) is 0 Å². The van der Waals surface area contributed by atoms with Crippen molar-refractivity contribution in [2.24, 2.45) is 0 Å². The number of hydrogen-bond acceptors (Lipinski definition) is 2. The molecule has 1 aliphatic rings. The van der Waals surface area contributed by atoms with Crippen LogP contribution in [0.2, 0.25) is 0 Å². The first-order valence-corrected chi connectivity index (χ1v) is 20.2. The van der Waals surface area contributed by atoms with Crippen molar-refractivity contribution in [2.45, 2.75) is 0 Å². The number of fused-ring (bicyclic) bond motifs is 7. The highest BCUT2D eigenvalue weighted by Gasteiger charge is 2.28. The van der Waals surface area contributed by atoms with E-state index in [0.29, 0.717) is 0 Å². The molecule has 12 aromatic rings. The van der Waals surface area contributed by atoms with Gasteiger partial charge in [0.15, 0.2) is 5.82 Å². The van der Waals surface area contributed by atoms with Crippen molar-refractivity contribution in [3.05, 3.63) is 200 Å². The standard InChI is InChI=1S/C56H33N3/c1-2-12-36(13-3-1)42-29-32-49-53-51(42)46-19-9-8-18-44(46)45-20-10-16-38-28-31-48(52(53)50(38)45)59(49)56-54(58-55-43-17-7-6-14-37(43)27-30-47(55)57-56)39-24-21-35(22-25-39)41-26-23-34-11-4-5-15-40(34)33-41/h1-33H. The van der Waals surface area contributed by atoms with E-state index in [0.717, 1.165) is 55.5 Å². The summed E-state index contributed by atoms with van der Waals surface area (Å²) >= 11 is 0. The Morgan fingerprint density at radius 2 is 0.983 bits per heavy atom. The van der Waals surface area contributed by atoms with Gasteiger partial charge in [-0.15, -0.1) is 0 Å². The Bertz CT molecular complexity index is 3710. The van der Waals surface area contributed by atoms with Gasteiger partial charge in [0.05, 0.1) is 22.1 Å². The number of rotatable bonds is 4. The second kappa shape index (κ2) is 12.3. The predicted octanol–water partition coefficient (Wildman–Crippen LogP) is 14.8. The van der Waals surface area contributed by atoms with Crippen LogP contribution < -0.4 is 0 Å². The fourth-order valence-electron chi connectivity index (χ4n) is 9.81. The molecule has 2 aromatic heterocycles. The molecule has 0 aliphatic heterocycles. The molecule has 272 valence electrons. The maximum absolute atomic E-state index is 5.63. The molecule has 0 atom stereocenters. The van der Waals surface area contributed by atoms with Gasteiger partial charge in [0.2, 0.25) is 0 Å². The summed E-state index contributed by atoms with van der Waals surface area (Å²) in [5.41, 5.74) is 15.6. The lowest BCUT2D eigenvalue weighted by molar-refractivity contribution is 1.08. The van der Waals surface area contributed by atoms with Crippen molar-refractivity contribution < 1.29 is 0 Å². The van der Waals surface area contributed by atoms with Gasteiger partial charge < -0.3 is 0 Å². The molecule has 10 aromatic carbocycles. The lowest BCUT2D eigenvalue weighted by atomic mass is 9.88. The average molecular weight is 748 g/mol. The SMILES string of the molecule is c1ccc(-c2ccc3c4c2-c2ccccc2-c2cccc5ccc(c4c25)n3-c2nc3ccc4ccccc4c3nc2-c2ccc(-c3ccc4ccccc4c3)cc2)cc1. The van der Waals surface area contributed by atoms with Crippen LogP contribution >= 0.6 is 0 Å². The molecular weight excluding hydrogens is 715 g/mol. The van der Waals surface area contributed by atoms with Gasteiger partial charge in [0.25, 0.3) is 0 Å². The molecule has 0 unspecified atom stereocenters. The quantitative estimate of drug-likeness (QED) is 0.168. The van der Waals surface area contributed by atoms with Gasteiger partial charge in [-0.05, 0) is 90.1 Å². The van der Waals surface area contributed by atoms with Crippen molar-refractivity contribution in [1.82, 2.24) is 14.5 Å². The van der Waals surface area contributed by atoms with Crippen molar-refractivity contribution in [1.29, 1.82) is 0 Å². The second-order valence-electron chi connectivity index (χ2n) is 15.7. The Labute approximate surface area is 340 Å². The third kappa shape index (κ3) is 4.70. The molecule has 3 heteroatoms. The van der Waals surface area contributed by atoms with Gasteiger partial charge in [0, 0.05) is 27.3 Å². The first-order valence-electron chi connectivity index (χ1n) is 20.2. The van der Waals surface area contributed by atoms with Crippen LogP contribution in [0.25, 0.3) is 127 Å². The van der Waals surface area contributed by atoms with Gasteiger partial charge in [0.1, 0.15) is 5.69 Å². The predicted molar refractivity (Wildman–Crippen MR) is 247 cm³/mol. The first-order chi connectivity index (χ1) is 29.3. The molecule has 0 bridgehead atoms. The molecule has 0 spiro atoms. The minimum Gasteiger partial charge on any atom is -0.292 e. The number of hydrogen-bond donors (Lipinski definition) is 0. The summed E-state index contributed by atoms with van der Waals surface area (Å²) in [5, 5.41) is 9.69. The Kier molecular flexibility index (Phi) is 6.72. The van der Waals surface area contributed by atoms with Crippen LogP contribution in [-0.2, 0) is 0 Å². The van der Waals surface area contributed by atoms with E-state index in [9.17, 15) is 0 Å². The molecule has 0 fully saturated rings. The molecule has 59 heavy (non-hydrogen) atoms. The zero-order valence-electron chi connectivity index (χ0n) is 31.9. The Hall–Kier alpha value is -7.88. The van der Waals surface area contributed by atoms with E-state index in [2.05, 4.69) is 205 Å². The van der Waals surface area contributed by atoms with Gasteiger partial charge in [-0.25, -0.2) is 9.97 Å². The van der Waals surface area contributed by atoms with E-state index in [1.165, 1.54) is 71.3 Å². The van der Waals surface area contributed by atoms with Gasteiger partial charge in [-0.2, -0.15) is 0 Å².